The Hall–Kier alpha value is -2.95. The van der Waals surface area contributed by atoms with Crippen molar-refractivity contribution >= 4 is 5.97 Å². The summed E-state index contributed by atoms with van der Waals surface area (Å²) in [7, 11) is 0. The molecule has 0 saturated heterocycles. The zero-order chi connectivity index (χ0) is 15.4. The molecule has 0 fully saturated rings. The summed E-state index contributed by atoms with van der Waals surface area (Å²) in [5.74, 6) is 0.265. The number of esters is 1. The van der Waals surface area contributed by atoms with Crippen molar-refractivity contribution in [1.29, 1.82) is 0 Å². The highest BCUT2D eigenvalue weighted by Gasteiger charge is 2.13. The van der Waals surface area contributed by atoms with Gasteiger partial charge in [-0.3, -0.25) is 0 Å². The molecule has 3 rings (SSSR count). The van der Waals surface area contributed by atoms with Gasteiger partial charge in [-0.1, -0.05) is 36.4 Å². The first-order valence-corrected chi connectivity index (χ1v) is 6.84. The SMILES string of the molecule is Cc1ccccc1C(=O)OCc1nnc(-c2ccccc2)o1. The van der Waals surface area contributed by atoms with Crippen LogP contribution in [0.3, 0.4) is 0 Å². The molecular formula is C17H14N2O3. The van der Waals surface area contributed by atoms with Crippen molar-refractivity contribution in [2.45, 2.75) is 13.5 Å². The molecule has 0 aliphatic rings. The number of carbonyl (C=O) groups excluding carboxylic acids is 1. The van der Waals surface area contributed by atoms with Crippen LogP contribution in [-0.4, -0.2) is 16.2 Å². The number of rotatable bonds is 4. The minimum atomic E-state index is -0.405. The van der Waals surface area contributed by atoms with Gasteiger partial charge < -0.3 is 9.15 Å². The minimum Gasteiger partial charge on any atom is -0.452 e. The third-order valence-electron chi connectivity index (χ3n) is 3.18. The minimum absolute atomic E-state index is 0.0486. The predicted molar refractivity (Wildman–Crippen MR) is 80.0 cm³/mol. The highest BCUT2D eigenvalue weighted by atomic mass is 16.5. The molecule has 5 heteroatoms. The Labute approximate surface area is 127 Å². The molecule has 5 nitrogen and oxygen atoms in total. The molecule has 0 amide bonds. The lowest BCUT2D eigenvalue weighted by Crippen LogP contribution is -2.07. The summed E-state index contributed by atoms with van der Waals surface area (Å²) in [5, 5.41) is 7.83. The normalized spacial score (nSPS) is 10.4. The van der Waals surface area contributed by atoms with E-state index in [-0.39, 0.29) is 12.5 Å². The van der Waals surface area contributed by atoms with Crippen LogP contribution in [0.15, 0.2) is 59.0 Å². The van der Waals surface area contributed by atoms with Crippen molar-refractivity contribution in [3.8, 4) is 11.5 Å². The van der Waals surface area contributed by atoms with Crippen LogP contribution in [0.4, 0.5) is 0 Å². The van der Waals surface area contributed by atoms with Gasteiger partial charge in [0.25, 0.3) is 5.89 Å². The van der Waals surface area contributed by atoms with E-state index in [0.717, 1.165) is 11.1 Å². The third kappa shape index (κ3) is 3.03. The third-order valence-corrected chi connectivity index (χ3v) is 3.18. The summed E-state index contributed by atoms with van der Waals surface area (Å²) in [5.41, 5.74) is 2.22. The fourth-order valence-corrected chi connectivity index (χ4v) is 2.02. The molecule has 0 unspecified atom stereocenters. The smallest absolute Gasteiger partial charge is 0.338 e. The van der Waals surface area contributed by atoms with E-state index < -0.39 is 5.97 Å². The molecule has 0 aliphatic carbocycles. The molecule has 0 spiro atoms. The maximum absolute atomic E-state index is 12.0. The molecule has 0 aliphatic heterocycles. The molecule has 1 heterocycles. The number of carbonyl (C=O) groups is 1. The predicted octanol–water partition coefficient (Wildman–Crippen LogP) is 3.40. The highest BCUT2D eigenvalue weighted by molar-refractivity contribution is 5.90. The van der Waals surface area contributed by atoms with Crippen molar-refractivity contribution < 1.29 is 13.9 Å². The van der Waals surface area contributed by atoms with E-state index in [1.165, 1.54) is 0 Å². The number of hydrogen-bond acceptors (Lipinski definition) is 5. The van der Waals surface area contributed by atoms with Gasteiger partial charge in [0, 0.05) is 5.56 Å². The Morgan fingerprint density at radius 1 is 1.05 bits per heavy atom. The van der Waals surface area contributed by atoms with E-state index in [9.17, 15) is 4.79 Å². The molecule has 2 aromatic carbocycles. The molecule has 22 heavy (non-hydrogen) atoms. The number of aryl methyl sites for hydroxylation is 1. The van der Waals surface area contributed by atoms with E-state index in [4.69, 9.17) is 9.15 Å². The summed E-state index contributed by atoms with van der Waals surface area (Å²) in [4.78, 5) is 12.0. The Morgan fingerprint density at radius 2 is 1.77 bits per heavy atom. The standard InChI is InChI=1S/C17H14N2O3/c1-12-7-5-6-10-14(12)17(20)21-11-15-18-19-16(22-15)13-8-3-2-4-9-13/h2-10H,11H2,1H3. The van der Waals surface area contributed by atoms with Crippen molar-refractivity contribution in [2.24, 2.45) is 0 Å². The van der Waals surface area contributed by atoms with E-state index in [0.29, 0.717) is 11.5 Å². The van der Waals surface area contributed by atoms with Gasteiger partial charge in [-0.25, -0.2) is 4.79 Å². The number of ether oxygens (including phenoxy) is 1. The van der Waals surface area contributed by atoms with Crippen LogP contribution in [0, 0.1) is 6.92 Å². The molecule has 0 atom stereocenters. The van der Waals surface area contributed by atoms with Crippen molar-refractivity contribution in [3.05, 3.63) is 71.6 Å². The first kappa shape index (κ1) is 14.0. The lowest BCUT2D eigenvalue weighted by molar-refractivity contribution is 0.0438. The largest absolute Gasteiger partial charge is 0.452 e. The first-order chi connectivity index (χ1) is 10.7. The lowest BCUT2D eigenvalue weighted by Gasteiger charge is -2.04. The fourth-order valence-electron chi connectivity index (χ4n) is 2.02. The van der Waals surface area contributed by atoms with Gasteiger partial charge in [-0.05, 0) is 30.7 Å². The Bertz CT molecular complexity index is 781. The van der Waals surface area contributed by atoms with Gasteiger partial charge in [0.15, 0.2) is 6.61 Å². The molecule has 0 bridgehead atoms. The number of aromatic nitrogens is 2. The molecule has 3 aromatic rings. The zero-order valence-corrected chi connectivity index (χ0v) is 12.0. The van der Waals surface area contributed by atoms with Gasteiger partial charge in [-0.15, -0.1) is 10.2 Å². The van der Waals surface area contributed by atoms with Gasteiger partial charge in [-0.2, -0.15) is 0 Å². The van der Waals surface area contributed by atoms with Crippen LogP contribution in [0.1, 0.15) is 21.8 Å². The topological polar surface area (TPSA) is 65.2 Å². The van der Waals surface area contributed by atoms with E-state index >= 15 is 0 Å². The van der Waals surface area contributed by atoms with E-state index in [1.807, 2.05) is 49.4 Å². The zero-order valence-electron chi connectivity index (χ0n) is 12.0. The maximum Gasteiger partial charge on any atom is 0.338 e. The second-order valence-electron chi connectivity index (χ2n) is 4.76. The number of benzene rings is 2. The van der Waals surface area contributed by atoms with E-state index in [2.05, 4.69) is 10.2 Å². The fraction of sp³-hybridized carbons (Fsp3) is 0.118. The molecule has 0 N–H and O–H groups in total. The highest BCUT2D eigenvalue weighted by Crippen LogP contribution is 2.17. The molecule has 110 valence electrons. The van der Waals surface area contributed by atoms with Gasteiger partial charge in [0.05, 0.1) is 5.56 Å². The quantitative estimate of drug-likeness (QED) is 0.690. The summed E-state index contributed by atoms with van der Waals surface area (Å²) >= 11 is 0. The van der Waals surface area contributed by atoms with Gasteiger partial charge >= 0.3 is 5.97 Å². The second-order valence-corrected chi connectivity index (χ2v) is 4.76. The first-order valence-electron chi connectivity index (χ1n) is 6.84. The van der Waals surface area contributed by atoms with Gasteiger partial charge in [0.2, 0.25) is 5.89 Å². The number of hydrogen-bond donors (Lipinski definition) is 0. The number of nitrogens with zero attached hydrogens (tertiary/aromatic N) is 2. The Morgan fingerprint density at radius 3 is 2.55 bits per heavy atom. The van der Waals surface area contributed by atoms with Crippen LogP contribution in [-0.2, 0) is 11.3 Å². The van der Waals surface area contributed by atoms with E-state index in [1.54, 1.807) is 12.1 Å². The summed E-state index contributed by atoms with van der Waals surface area (Å²) in [6.45, 7) is 1.81. The van der Waals surface area contributed by atoms with Crippen molar-refractivity contribution in [1.82, 2.24) is 10.2 Å². The second kappa shape index (κ2) is 6.22. The van der Waals surface area contributed by atoms with Crippen LogP contribution < -0.4 is 0 Å². The van der Waals surface area contributed by atoms with Crippen LogP contribution >= 0.6 is 0 Å². The molecule has 1 aromatic heterocycles. The van der Waals surface area contributed by atoms with Crippen LogP contribution in [0.2, 0.25) is 0 Å². The molecule has 0 saturated carbocycles. The summed E-state index contributed by atoms with van der Waals surface area (Å²) in [6, 6.07) is 16.7. The average Bonchev–Trinajstić information content (AvgIpc) is 3.03. The van der Waals surface area contributed by atoms with Crippen LogP contribution in [0.5, 0.6) is 0 Å². The monoisotopic (exact) mass is 294 g/mol. The van der Waals surface area contributed by atoms with Crippen LogP contribution in [0.25, 0.3) is 11.5 Å². The summed E-state index contributed by atoms with van der Waals surface area (Å²) in [6.07, 6.45) is 0. The molecule has 0 radical (unpaired) electrons. The van der Waals surface area contributed by atoms with Crippen molar-refractivity contribution in [3.63, 3.8) is 0 Å². The Kier molecular flexibility index (Phi) is 3.96. The average molecular weight is 294 g/mol. The lowest BCUT2D eigenvalue weighted by atomic mass is 10.1. The van der Waals surface area contributed by atoms with Crippen molar-refractivity contribution in [2.75, 3.05) is 0 Å². The maximum atomic E-state index is 12.0. The van der Waals surface area contributed by atoms with Gasteiger partial charge in [0.1, 0.15) is 0 Å². The molecular weight excluding hydrogens is 280 g/mol. The summed E-state index contributed by atoms with van der Waals surface area (Å²) < 4.78 is 10.7. The Balaban J connectivity index is 1.67.